The lowest BCUT2D eigenvalue weighted by molar-refractivity contribution is 0.234. The molecule has 0 N–H and O–H groups in total. The van der Waals surface area contributed by atoms with E-state index in [0.717, 1.165) is 18.6 Å². The first-order chi connectivity index (χ1) is 7.76. The topological polar surface area (TPSA) is 16.1 Å². The number of benzene rings is 1. The highest BCUT2D eigenvalue weighted by Crippen LogP contribution is 2.28. The van der Waals surface area contributed by atoms with E-state index >= 15 is 0 Å². The van der Waals surface area contributed by atoms with E-state index in [9.17, 15) is 0 Å². The molecule has 1 unspecified atom stereocenters. The molecule has 0 bridgehead atoms. The van der Waals surface area contributed by atoms with Crippen LogP contribution in [0.25, 0.3) is 10.2 Å². The number of hydrogen-bond acceptors (Lipinski definition) is 3. The van der Waals surface area contributed by atoms with Gasteiger partial charge in [-0.25, -0.2) is 4.98 Å². The Labute approximate surface area is 101 Å². The molecule has 0 aliphatic rings. The molecule has 0 aliphatic heterocycles. The largest absolute Gasteiger partial charge is 0.295 e. The second kappa shape index (κ2) is 4.93. The summed E-state index contributed by atoms with van der Waals surface area (Å²) in [6.45, 7) is 8.80. The molecular formula is C13H18N2S. The van der Waals surface area contributed by atoms with Gasteiger partial charge in [0.15, 0.2) is 0 Å². The Kier molecular flexibility index (Phi) is 3.56. The average molecular weight is 234 g/mol. The summed E-state index contributed by atoms with van der Waals surface area (Å²) in [6.07, 6.45) is 0. The molecule has 0 spiro atoms. The normalized spacial score (nSPS) is 13.5. The lowest BCUT2D eigenvalue weighted by Crippen LogP contribution is -2.26. The number of nitrogens with zero attached hydrogens (tertiary/aromatic N) is 2. The third-order valence-corrected chi connectivity index (χ3v) is 4.23. The molecule has 0 saturated carbocycles. The maximum Gasteiger partial charge on any atom is 0.111 e. The van der Waals surface area contributed by atoms with Gasteiger partial charge in [0.05, 0.1) is 16.3 Å². The molecule has 0 amide bonds. The van der Waals surface area contributed by atoms with Crippen LogP contribution in [0.4, 0.5) is 0 Å². The van der Waals surface area contributed by atoms with Gasteiger partial charge < -0.3 is 0 Å². The molecule has 1 heterocycles. The molecule has 1 aromatic heterocycles. The molecule has 1 aromatic carbocycles. The fourth-order valence-corrected chi connectivity index (χ4v) is 3.05. The van der Waals surface area contributed by atoms with E-state index in [-0.39, 0.29) is 0 Å². The summed E-state index contributed by atoms with van der Waals surface area (Å²) >= 11 is 1.81. The van der Waals surface area contributed by atoms with Crippen molar-refractivity contribution in [1.82, 2.24) is 9.88 Å². The van der Waals surface area contributed by atoms with Crippen LogP contribution in [0.15, 0.2) is 24.3 Å². The zero-order chi connectivity index (χ0) is 11.5. The number of para-hydroxylation sites is 1. The van der Waals surface area contributed by atoms with Crippen LogP contribution in [0.3, 0.4) is 0 Å². The summed E-state index contributed by atoms with van der Waals surface area (Å²) in [7, 11) is 0. The minimum Gasteiger partial charge on any atom is -0.295 e. The van der Waals surface area contributed by atoms with Gasteiger partial charge in [0.1, 0.15) is 5.01 Å². The number of thiazole rings is 1. The first kappa shape index (κ1) is 11.6. The van der Waals surface area contributed by atoms with Gasteiger partial charge in [0, 0.05) is 0 Å². The zero-order valence-corrected chi connectivity index (χ0v) is 10.9. The van der Waals surface area contributed by atoms with Crippen LogP contribution in [-0.2, 0) is 0 Å². The van der Waals surface area contributed by atoms with E-state index < -0.39 is 0 Å². The standard InChI is InChI=1S/C13H18N2S/c1-4-15(5-2)10(3)13-14-11-8-6-7-9-12(11)16-13/h6-10H,4-5H2,1-3H3. The number of aromatic nitrogens is 1. The predicted octanol–water partition coefficient (Wildman–Crippen LogP) is 3.70. The van der Waals surface area contributed by atoms with Crippen molar-refractivity contribution >= 4 is 21.6 Å². The first-order valence-electron chi connectivity index (χ1n) is 5.85. The van der Waals surface area contributed by atoms with Crippen molar-refractivity contribution in [3.05, 3.63) is 29.3 Å². The Balaban J connectivity index is 2.32. The monoisotopic (exact) mass is 234 g/mol. The van der Waals surface area contributed by atoms with Gasteiger partial charge in [0.2, 0.25) is 0 Å². The average Bonchev–Trinajstić information content (AvgIpc) is 2.74. The summed E-state index contributed by atoms with van der Waals surface area (Å²) in [5, 5.41) is 1.23. The molecule has 16 heavy (non-hydrogen) atoms. The summed E-state index contributed by atoms with van der Waals surface area (Å²) in [5.41, 5.74) is 1.13. The van der Waals surface area contributed by atoms with E-state index in [4.69, 9.17) is 4.98 Å². The predicted molar refractivity (Wildman–Crippen MR) is 71.0 cm³/mol. The second-order valence-electron chi connectivity index (χ2n) is 3.92. The number of fused-ring (bicyclic) bond motifs is 1. The van der Waals surface area contributed by atoms with E-state index in [1.165, 1.54) is 9.71 Å². The molecule has 3 heteroatoms. The van der Waals surface area contributed by atoms with Gasteiger partial charge in [-0.2, -0.15) is 0 Å². The van der Waals surface area contributed by atoms with Crippen LogP contribution in [0.1, 0.15) is 31.8 Å². The molecule has 1 atom stereocenters. The Hall–Kier alpha value is -0.930. The molecule has 86 valence electrons. The van der Waals surface area contributed by atoms with Crippen molar-refractivity contribution in [3.63, 3.8) is 0 Å². The van der Waals surface area contributed by atoms with Crippen molar-refractivity contribution in [1.29, 1.82) is 0 Å². The van der Waals surface area contributed by atoms with Gasteiger partial charge in [-0.15, -0.1) is 11.3 Å². The van der Waals surface area contributed by atoms with Gasteiger partial charge in [-0.1, -0.05) is 26.0 Å². The Bertz CT molecular complexity index is 427. The maximum atomic E-state index is 4.71. The fourth-order valence-electron chi connectivity index (χ4n) is 2.00. The van der Waals surface area contributed by atoms with Crippen molar-refractivity contribution in [2.75, 3.05) is 13.1 Å². The van der Waals surface area contributed by atoms with Gasteiger partial charge >= 0.3 is 0 Å². The van der Waals surface area contributed by atoms with E-state index in [1.54, 1.807) is 0 Å². The third kappa shape index (κ3) is 2.11. The minimum atomic E-state index is 0.424. The molecule has 2 aromatic rings. The molecule has 2 nitrogen and oxygen atoms in total. The van der Waals surface area contributed by atoms with Gasteiger partial charge in [0.25, 0.3) is 0 Å². The van der Waals surface area contributed by atoms with Crippen LogP contribution in [0, 0.1) is 0 Å². The Morgan fingerprint density at radius 3 is 2.56 bits per heavy atom. The van der Waals surface area contributed by atoms with E-state index in [1.807, 2.05) is 17.4 Å². The fraction of sp³-hybridized carbons (Fsp3) is 0.462. The van der Waals surface area contributed by atoms with Crippen molar-refractivity contribution in [3.8, 4) is 0 Å². The molecule has 0 aliphatic carbocycles. The van der Waals surface area contributed by atoms with Gasteiger partial charge in [-0.05, 0) is 32.1 Å². The van der Waals surface area contributed by atoms with Crippen molar-refractivity contribution < 1.29 is 0 Å². The molecular weight excluding hydrogens is 216 g/mol. The lowest BCUT2D eigenvalue weighted by Gasteiger charge is -2.24. The summed E-state index contributed by atoms with van der Waals surface area (Å²) in [4.78, 5) is 7.13. The second-order valence-corrected chi connectivity index (χ2v) is 4.98. The van der Waals surface area contributed by atoms with Crippen LogP contribution < -0.4 is 0 Å². The highest BCUT2D eigenvalue weighted by Gasteiger charge is 2.16. The summed E-state index contributed by atoms with van der Waals surface area (Å²) in [6, 6.07) is 8.78. The zero-order valence-electron chi connectivity index (χ0n) is 10.1. The van der Waals surface area contributed by atoms with Crippen LogP contribution in [-0.4, -0.2) is 23.0 Å². The Morgan fingerprint density at radius 1 is 1.25 bits per heavy atom. The Morgan fingerprint density at radius 2 is 1.94 bits per heavy atom. The van der Waals surface area contributed by atoms with Crippen molar-refractivity contribution in [2.24, 2.45) is 0 Å². The lowest BCUT2D eigenvalue weighted by atomic mass is 10.3. The smallest absolute Gasteiger partial charge is 0.111 e. The van der Waals surface area contributed by atoms with Crippen molar-refractivity contribution in [2.45, 2.75) is 26.8 Å². The highest BCUT2D eigenvalue weighted by molar-refractivity contribution is 7.18. The quantitative estimate of drug-likeness (QED) is 0.802. The highest BCUT2D eigenvalue weighted by atomic mass is 32.1. The van der Waals surface area contributed by atoms with Crippen LogP contribution in [0.2, 0.25) is 0 Å². The number of hydrogen-bond donors (Lipinski definition) is 0. The molecule has 2 rings (SSSR count). The third-order valence-electron chi connectivity index (χ3n) is 3.03. The van der Waals surface area contributed by atoms with Gasteiger partial charge in [-0.3, -0.25) is 4.90 Å². The molecule has 0 fully saturated rings. The first-order valence-corrected chi connectivity index (χ1v) is 6.67. The van der Waals surface area contributed by atoms with Crippen LogP contribution in [0.5, 0.6) is 0 Å². The SMILES string of the molecule is CCN(CC)C(C)c1nc2ccccc2s1. The molecule has 0 saturated heterocycles. The van der Waals surface area contributed by atoms with Crippen LogP contribution >= 0.6 is 11.3 Å². The minimum absolute atomic E-state index is 0.424. The summed E-state index contributed by atoms with van der Waals surface area (Å²) in [5.74, 6) is 0. The number of rotatable bonds is 4. The van der Waals surface area contributed by atoms with E-state index in [0.29, 0.717) is 6.04 Å². The molecule has 0 radical (unpaired) electrons. The van der Waals surface area contributed by atoms with E-state index in [2.05, 4.69) is 43.9 Å². The maximum absolute atomic E-state index is 4.71. The summed E-state index contributed by atoms with van der Waals surface area (Å²) < 4.78 is 1.29.